The molecule has 1 aliphatic rings. The highest BCUT2D eigenvalue weighted by Crippen LogP contribution is 2.27. The third kappa shape index (κ3) is 5.44. The molecule has 0 aliphatic carbocycles. The summed E-state index contributed by atoms with van der Waals surface area (Å²) in [6.45, 7) is 6.16. The van der Waals surface area contributed by atoms with Crippen molar-refractivity contribution in [2.75, 3.05) is 44.2 Å². The largest absolute Gasteiger partial charge is 0.369 e. The number of piperazine rings is 1. The first kappa shape index (κ1) is 20.1. The van der Waals surface area contributed by atoms with Gasteiger partial charge in [-0.2, -0.15) is 0 Å². The van der Waals surface area contributed by atoms with Crippen LogP contribution in [0.1, 0.15) is 23.3 Å². The van der Waals surface area contributed by atoms with Gasteiger partial charge >= 0.3 is 0 Å². The molecule has 0 bridgehead atoms. The van der Waals surface area contributed by atoms with E-state index in [2.05, 4.69) is 50.4 Å². The fraction of sp³-hybridized carbons (Fsp3) is 0.364. The summed E-state index contributed by atoms with van der Waals surface area (Å²) in [5.74, 6) is -0.0690. The van der Waals surface area contributed by atoms with Gasteiger partial charge in [-0.3, -0.25) is 9.69 Å². The first-order chi connectivity index (χ1) is 14.3. The van der Waals surface area contributed by atoms with Gasteiger partial charge in [0.2, 0.25) is 0 Å². The predicted octanol–water partition coefficient (Wildman–Crippen LogP) is 4.20. The molecule has 29 heavy (non-hydrogen) atoms. The van der Waals surface area contributed by atoms with Gasteiger partial charge in [0.25, 0.3) is 5.91 Å². The first-order valence-electron chi connectivity index (χ1n) is 10.1. The molecule has 1 amide bonds. The molecule has 152 valence electrons. The summed E-state index contributed by atoms with van der Waals surface area (Å²) in [6, 6.07) is 14.7. The second-order valence-electron chi connectivity index (χ2n) is 7.14. The number of anilines is 1. The standard InChI is InChI=1S/C22H26N4OS2/c27-21(19-17-29-22(24-19)20-9-6-16-28-20)23-10-4-5-11-25-12-14-26(15-13-25)18-7-2-1-3-8-18/h1-3,6-9,16-17H,4-5,10-15H2,(H,23,27). The van der Waals surface area contributed by atoms with Crippen molar-refractivity contribution in [3.63, 3.8) is 0 Å². The SMILES string of the molecule is O=C(NCCCCN1CCN(c2ccccc2)CC1)c1csc(-c2cccs2)n1. The summed E-state index contributed by atoms with van der Waals surface area (Å²) in [4.78, 5) is 22.8. The van der Waals surface area contributed by atoms with Crippen LogP contribution in [0.4, 0.5) is 5.69 Å². The van der Waals surface area contributed by atoms with Crippen LogP contribution in [0.3, 0.4) is 0 Å². The van der Waals surface area contributed by atoms with Crippen molar-refractivity contribution in [1.82, 2.24) is 15.2 Å². The second kappa shape index (κ2) is 10.0. The zero-order chi connectivity index (χ0) is 19.9. The number of benzene rings is 1. The van der Waals surface area contributed by atoms with E-state index < -0.39 is 0 Å². The van der Waals surface area contributed by atoms with Gasteiger partial charge < -0.3 is 10.2 Å². The highest BCUT2D eigenvalue weighted by atomic mass is 32.1. The molecular formula is C22H26N4OS2. The number of thiophene rings is 1. The molecule has 7 heteroatoms. The summed E-state index contributed by atoms with van der Waals surface area (Å²) < 4.78 is 0. The molecule has 5 nitrogen and oxygen atoms in total. The van der Waals surface area contributed by atoms with Crippen molar-refractivity contribution in [3.05, 3.63) is 58.9 Å². The molecule has 1 aliphatic heterocycles. The van der Waals surface area contributed by atoms with Gasteiger partial charge in [0.05, 0.1) is 4.88 Å². The predicted molar refractivity (Wildman–Crippen MR) is 122 cm³/mol. The number of carbonyl (C=O) groups is 1. The number of unbranched alkanes of at least 4 members (excludes halogenated alkanes) is 1. The van der Waals surface area contributed by atoms with Crippen molar-refractivity contribution in [1.29, 1.82) is 0 Å². The van der Waals surface area contributed by atoms with Gasteiger partial charge in [0.1, 0.15) is 10.7 Å². The Balaban J connectivity index is 1.12. The number of aromatic nitrogens is 1. The molecule has 0 atom stereocenters. The van der Waals surface area contributed by atoms with Crippen molar-refractivity contribution >= 4 is 34.3 Å². The van der Waals surface area contributed by atoms with Gasteiger partial charge in [-0.15, -0.1) is 22.7 Å². The lowest BCUT2D eigenvalue weighted by molar-refractivity contribution is 0.0948. The van der Waals surface area contributed by atoms with Gasteiger partial charge in [-0.25, -0.2) is 4.98 Å². The topological polar surface area (TPSA) is 48.5 Å². The Hall–Kier alpha value is -2.22. The minimum atomic E-state index is -0.0690. The zero-order valence-corrected chi connectivity index (χ0v) is 18.1. The van der Waals surface area contributed by atoms with E-state index in [0.29, 0.717) is 12.2 Å². The van der Waals surface area contributed by atoms with Gasteiger partial charge in [-0.1, -0.05) is 24.3 Å². The lowest BCUT2D eigenvalue weighted by Crippen LogP contribution is -2.46. The molecular weight excluding hydrogens is 400 g/mol. The molecule has 0 unspecified atom stereocenters. The van der Waals surface area contributed by atoms with E-state index in [1.165, 1.54) is 17.0 Å². The lowest BCUT2D eigenvalue weighted by Gasteiger charge is -2.36. The summed E-state index contributed by atoms with van der Waals surface area (Å²) in [5.41, 5.74) is 1.84. The Labute approximate surface area is 180 Å². The number of nitrogens with one attached hydrogen (secondary N) is 1. The highest BCUT2D eigenvalue weighted by Gasteiger charge is 2.16. The minimum absolute atomic E-state index is 0.0690. The van der Waals surface area contributed by atoms with Crippen LogP contribution in [0.5, 0.6) is 0 Å². The molecule has 1 aromatic carbocycles. The van der Waals surface area contributed by atoms with E-state index in [9.17, 15) is 4.79 Å². The zero-order valence-electron chi connectivity index (χ0n) is 16.4. The number of nitrogens with zero attached hydrogens (tertiary/aromatic N) is 3. The van der Waals surface area contributed by atoms with Gasteiger partial charge in [0.15, 0.2) is 0 Å². The average molecular weight is 427 g/mol. The Morgan fingerprint density at radius 3 is 2.59 bits per heavy atom. The van der Waals surface area contributed by atoms with Gasteiger partial charge in [-0.05, 0) is 43.0 Å². The Kier molecular flexibility index (Phi) is 6.92. The Morgan fingerprint density at radius 2 is 1.83 bits per heavy atom. The van der Waals surface area contributed by atoms with Crippen LogP contribution in [0.2, 0.25) is 0 Å². The molecule has 3 heterocycles. The Morgan fingerprint density at radius 1 is 1.00 bits per heavy atom. The molecule has 0 spiro atoms. The number of hydrogen-bond acceptors (Lipinski definition) is 6. The maximum atomic E-state index is 12.3. The van der Waals surface area contributed by atoms with E-state index in [1.54, 1.807) is 11.3 Å². The summed E-state index contributed by atoms with van der Waals surface area (Å²) in [7, 11) is 0. The molecule has 1 saturated heterocycles. The van der Waals surface area contributed by atoms with Crippen LogP contribution < -0.4 is 10.2 Å². The molecule has 0 saturated carbocycles. The van der Waals surface area contributed by atoms with Crippen LogP contribution in [-0.2, 0) is 0 Å². The maximum Gasteiger partial charge on any atom is 0.270 e. The monoisotopic (exact) mass is 426 g/mol. The molecule has 0 radical (unpaired) electrons. The number of thiazole rings is 1. The normalized spacial score (nSPS) is 14.8. The molecule has 2 aromatic heterocycles. The van der Waals surface area contributed by atoms with Gasteiger partial charge in [0, 0.05) is 43.8 Å². The fourth-order valence-corrected chi connectivity index (χ4v) is 5.13. The maximum absolute atomic E-state index is 12.3. The highest BCUT2D eigenvalue weighted by molar-refractivity contribution is 7.20. The van der Waals surface area contributed by atoms with E-state index in [-0.39, 0.29) is 5.91 Å². The smallest absolute Gasteiger partial charge is 0.270 e. The summed E-state index contributed by atoms with van der Waals surface area (Å²) >= 11 is 3.17. The van der Waals surface area contributed by atoms with Crippen molar-refractivity contribution in [2.24, 2.45) is 0 Å². The quantitative estimate of drug-likeness (QED) is 0.549. The first-order valence-corrected chi connectivity index (χ1v) is 11.9. The van der Waals surface area contributed by atoms with Crippen LogP contribution >= 0.6 is 22.7 Å². The second-order valence-corrected chi connectivity index (χ2v) is 8.95. The van der Waals surface area contributed by atoms with Crippen molar-refractivity contribution in [3.8, 4) is 9.88 Å². The Bertz CT molecular complexity index is 887. The third-order valence-corrected chi connectivity index (χ3v) is 7.03. The van der Waals surface area contributed by atoms with E-state index in [4.69, 9.17) is 0 Å². The van der Waals surface area contributed by atoms with Crippen LogP contribution in [0.15, 0.2) is 53.2 Å². The number of para-hydroxylation sites is 1. The molecule has 1 fully saturated rings. The summed E-state index contributed by atoms with van der Waals surface area (Å²) in [5, 5.41) is 7.79. The minimum Gasteiger partial charge on any atom is -0.369 e. The average Bonchev–Trinajstić information content (AvgIpc) is 3.46. The number of carbonyl (C=O) groups excluding carboxylic acids is 1. The third-order valence-electron chi connectivity index (χ3n) is 5.15. The van der Waals surface area contributed by atoms with E-state index in [1.807, 2.05) is 22.9 Å². The van der Waals surface area contributed by atoms with Crippen LogP contribution in [-0.4, -0.2) is 55.1 Å². The van der Waals surface area contributed by atoms with Crippen molar-refractivity contribution in [2.45, 2.75) is 12.8 Å². The lowest BCUT2D eigenvalue weighted by atomic mass is 10.2. The van der Waals surface area contributed by atoms with Crippen molar-refractivity contribution < 1.29 is 4.79 Å². The number of amides is 1. The molecule has 1 N–H and O–H groups in total. The molecule has 3 aromatic rings. The van der Waals surface area contributed by atoms with Crippen LogP contribution in [0, 0.1) is 0 Å². The molecule has 4 rings (SSSR count). The van der Waals surface area contributed by atoms with E-state index in [0.717, 1.165) is 55.5 Å². The number of rotatable bonds is 8. The van der Waals surface area contributed by atoms with E-state index >= 15 is 0 Å². The summed E-state index contributed by atoms with van der Waals surface area (Å²) in [6.07, 6.45) is 2.09. The number of hydrogen-bond donors (Lipinski definition) is 1. The van der Waals surface area contributed by atoms with Crippen LogP contribution in [0.25, 0.3) is 9.88 Å². The fourth-order valence-electron chi connectivity index (χ4n) is 3.51.